The number of hydrogen-bond acceptors (Lipinski definition) is 7. The largest absolute Gasteiger partial charge is 0.456 e. The maximum atomic E-state index is 12.1. The monoisotopic (exact) mass is 455 g/mol. The maximum Gasteiger partial charge on any atom is 0.306 e. The third kappa shape index (κ3) is 6.19. The van der Waals surface area contributed by atoms with Gasteiger partial charge in [-0.3, -0.25) is 14.4 Å². The molecule has 0 atom stereocenters. The minimum atomic E-state index is -0.567. The van der Waals surface area contributed by atoms with Crippen molar-refractivity contribution in [3.63, 3.8) is 0 Å². The quantitative estimate of drug-likeness (QED) is 0.300. The van der Waals surface area contributed by atoms with Gasteiger partial charge >= 0.3 is 5.97 Å². The number of azo groups is 1. The summed E-state index contributed by atoms with van der Waals surface area (Å²) in [6.07, 6.45) is 0.176. The molecule has 0 aliphatic heterocycles. The predicted molar refractivity (Wildman–Crippen MR) is 127 cm³/mol. The molecule has 0 spiro atoms. The van der Waals surface area contributed by atoms with E-state index < -0.39 is 18.5 Å². The van der Waals surface area contributed by atoms with Crippen LogP contribution in [-0.4, -0.2) is 28.5 Å². The summed E-state index contributed by atoms with van der Waals surface area (Å²) in [6.45, 7) is -0.421. The highest BCUT2D eigenvalue weighted by Gasteiger charge is 2.10. The number of para-hydroxylation sites is 1. The third-order valence-corrected chi connectivity index (χ3v) is 4.78. The number of carbonyl (C=O) groups excluding carboxylic acids is 2. The number of nitrogens with zero attached hydrogens (tertiary/aromatic N) is 3. The number of H-pyrrole nitrogens is 1. The van der Waals surface area contributed by atoms with E-state index in [2.05, 4.69) is 25.5 Å². The summed E-state index contributed by atoms with van der Waals surface area (Å²) in [5.41, 5.74) is 2.21. The van der Waals surface area contributed by atoms with Crippen molar-refractivity contribution in [3.05, 3.63) is 95.0 Å². The van der Waals surface area contributed by atoms with E-state index in [1.165, 1.54) is 0 Å². The summed E-state index contributed by atoms with van der Waals surface area (Å²) in [7, 11) is 0. The summed E-state index contributed by atoms with van der Waals surface area (Å²) < 4.78 is 5.02. The Balaban J connectivity index is 1.22. The molecular weight excluding hydrogens is 434 g/mol. The SMILES string of the molecule is O=C(COC(=O)CCc1nc2ccccc2c(=O)[nH]1)Nc1ccc(N=Nc2ccccc2)cc1. The fraction of sp³-hybridized carbons (Fsp3) is 0.120. The molecule has 34 heavy (non-hydrogen) atoms. The number of benzene rings is 3. The van der Waals surface area contributed by atoms with Crippen LogP contribution in [0.3, 0.4) is 0 Å². The van der Waals surface area contributed by atoms with Crippen molar-refractivity contribution < 1.29 is 14.3 Å². The average Bonchev–Trinajstić information content (AvgIpc) is 2.86. The summed E-state index contributed by atoms with van der Waals surface area (Å²) in [5, 5.41) is 11.4. The maximum absolute atomic E-state index is 12.1. The van der Waals surface area contributed by atoms with Gasteiger partial charge in [0.1, 0.15) is 5.82 Å². The molecule has 9 nitrogen and oxygen atoms in total. The Morgan fingerprint density at radius 2 is 1.56 bits per heavy atom. The molecule has 0 fully saturated rings. The van der Waals surface area contributed by atoms with Gasteiger partial charge in [0.25, 0.3) is 11.5 Å². The van der Waals surface area contributed by atoms with Gasteiger partial charge in [-0.25, -0.2) is 4.98 Å². The zero-order chi connectivity index (χ0) is 23.8. The zero-order valence-corrected chi connectivity index (χ0v) is 18.1. The van der Waals surface area contributed by atoms with E-state index in [1.807, 2.05) is 30.3 Å². The number of rotatable bonds is 8. The van der Waals surface area contributed by atoms with Crippen molar-refractivity contribution in [1.29, 1.82) is 0 Å². The fourth-order valence-electron chi connectivity index (χ4n) is 3.11. The number of fused-ring (bicyclic) bond motifs is 1. The molecule has 4 aromatic rings. The molecule has 1 heterocycles. The van der Waals surface area contributed by atoms with Crippen LogP contribution in [0.15, 0.2) is 93.9 Å². The molecule has 0 aliphatic rings. The van der Waals surface area contributed by atoms with E-state index >= 15 is 0 Å². The van der Waals surface area contributed by atoms with Crippen LogP contribution in [0.25, 0.3) is 10.9 Å². The number of ether oxygens (including phenoxy) is 1. The molecule has 0 saturated heterocycles. The number of hydrogen-bond donors (Lipinski definition) is 2. The van der Waals surface area contributed by atoms with Gasteiger partial charge in [0.2, 0.25) is 0 Å². The summed E-state index contributed by atoms with van der Waals surface area (Å²) in [5.74, 6) is -0.651. The number of nitrogens with one attached hydrogen (secondary N) is 2. The van der Waals surface area contributed by atoms with Crippen molar-refractivity contribution in [3.8, 4) is 0 Å². The Morgan fingerprint density at radius 1 is 0.882 bits per heavy atom. The van der Waals surface area contributed by atoms with Gasteiger partial charge in [-0.2, -0.15) is 10.2 Å². The fourth-order valence-corrected chi connectivity index (χ4v) is 3.11. The van der Waals surface area contributed by atoms with Crippen LogP contribution in [-0.2, 0) is 20.7 Å². The van der Waals surface area contributed by atoms with Gasteiger partial charge in [0.05, 0.1) is 28.7 Å². The highest BCUT2D eigenvalue weighted by Crippen LogP contribution is 2.20. The van der Waals surface area contributed by atoms with Crippen molar-refractivity contribution >= 4 is 39.8 Å². The molecule has 0 radical (unpaired) electrons. The second kappa shape index (κ2) is 10.8. The molecule has 0 unspecified atom stereocenters. The predicted octanol–water partition coefficient (Wildman–Crippen LogP) is 4.45. The first-order valence-corrected chi connectivity index (χ1v) is 10.6. The number of aromatic nitrogens is 2. The second-order valence-electron chi connectivity index (χ2n) is 7.32. The Labute approximate surface area is 194 Å². The highest BCUT2D eigenvalue weighted by atomic mass is 16.5. The van der Waals surface area contributed by atoms with Crippen molar-refractivity contribution in [2.45, 2.75) is 12.8 Å². The molecule has 1 aromatic heterocycles. The van der Waals surface area contributed by atoms with E-state index in [-0.39, 0.29) is 18.4 Å². The van der Waals surface area contributed by atoms with E-state index in [1.54, 1.807) is 48.5 Å². The van der Waals surface area contributed by atoms with Crippen LogP contribution >= 0.6 is 0 Å². The number of amides is 1. The van der Waals surface area contributed by atoms with Gasteiger partial charge in [-0.1, -0.05) is 30.3 Å². The number of anilines is 1. The summed E-state index contributed by atoms with van der Waals surface area (Å²) >= 11 is 0. The van der Waals surface area contributed by atoms with Crippen molar-refractivity contribution in [2.24, 2.45) is 10.2 Å². The van der Waals surface area contributed by atoms with Gasteiger partial charge < -0.3 is 15.0 Å². The Bertz CT molecular complexity index is 1380. The lowest BCUT2D eigenvalue weighted by Crippen LogP contribution is -2.21. The Kier molecular flexibility index (Phi) is 7.14. The van der Waals surface area contributed by atoms with Crippen LogP contribution in [0.1, 0.15) is 12.2 Å². The molecule has 0 bridgehead atoms. The number of aryl methyl sites for hydroxylation is 1. The zero-order valence-electron chi connectivity index (χ0n) is 18.1. The van der Waals surface area contributed by atoms with E-state index in [0.717, 1.165) is 5.69 Å². The van der Waals surface area contributed by atoms with Crippen LogP contribution in [0.2, 0.25) is 0 Å². The summed E-state index contributed by atoms with van der Waals surface area (Å²) in [4.78, 5) is 43.2. The normalized spacial score (nSPS) is 10.9. The minimum Gasteiger partial charge on any atom is -0.456 e. The third-order valence-electron chi connectivity index (χ3n) is 4.78. The lowest BCUT2D eigenvalue weighted by molar-refractivity contribution is -0.147. The Hall–Kier alpha value is -4.66. The van der Waals surface area contributed by atoms with Crippen LogP contribution in [0.5, 0.6) is 0 Å². The molecule has 0 aliphatic carbocycles. The highest BCUT2D eigenvalue weighted by molar-refractivity contribution is 5.92. The van der Waals surface area contributed by atoms with Gasteiger partial charge in [-0.15, -0.1) is 0 Å². The van der Waals surface area contributed by atoms with E-state index in [9.17, 15) is 14.4 Å². The molecule has 1 amide bonds. The molecule has 2 N–H and O–H groups in total. The van der Waals surface area contributed by atoms with Gasteiger partial charge in [0.15, 0.2) is 6.61 Å². The number of carbonyl (C=O) groups is 2. The van der Waals surface area contributed by atoms with E-state index in [4.69, 9.17) is 4.74 Å². The van der Waals surface area contributed by atoms with Crippen LogP contribution in [0.4, 0.5) is 17.1 Å². The van der Waals surface area contributed by atoms with Crippen molar-refractivity contribution in [1.82, 2.24) is 9.97 Å². The summed E-state index contributed by atoms with van der Waals surface area (Å²) in [6, 6.07) is 23.1. The first-order valence-electron chi connectivity index (χ1n) is 10.6. The van der Waals surface area contributed by atoms with Crippen molar-refractivity contribution in [2.75, 3.05) is 11.9 Å². The topological polar surface area (TPSA) is 126 Å². The minimum absolute atomic E-state index is 0.0182. The average molecular weight is 455 g/mol. The lowest BCUT2D eigenvalue weighted by atomic mass is 10.2. The molecular formula is C25H21N5O4. The first kappa shape index (κ1) is 22.5. The van der Waals surface area contributed by atoms with Crippen LogP contribution in [0, 0.1) is 0 Å². The smallest absolute Gasteiger partial charge is 0.306 e. The van der Waals surface area contributed by atoms with Crippen LogP contribution < -0.4 is 10.9 Å². The number of aromatic amines is 1. The molecule has 9 heteroatoms. The molecule has 3 aromatic carbocycles. The second-order valence-corrected chi connectivity index (χ2v) is 7.32. The van der Waals surface area contributed by atoms with Gasteiger partial charge in [-0.05, 0) is 48.5 Å². The molecule has 4 rings (SSSR count). The lowest BCUT2D eigenvalue weighted by Gasteiger charge is -2.07. The van der Waals surface area contributed by atoms with Gasteiger partial charge in [0, 0.05) is 12.1 Å². The first-order chi connectivity index (χ1) is 16.6. The van der Waals surface area contributed by atoms with E-state index in [0.29, 0.717) is 28.1 Å². The number of esters is 1. The Morgan fingerprint density at radius 3 is 2.32 bits per heavy atom. The molecule has 0 saturated carbocycles. The standard InChI is InChI=1S/C25H21N5O4/c31-23(26-17-10-12-19(13-11-17)30-29-18-6-2-1-3-7-18)16-34-24(32)15-14-22-27-21-9-5-4-8-20(21)25(33)28-22/h1-13H,14-16H2,(H,26,31)(H,27,28,33). The molecule has 170 valence electrons.